The molecule has 1 aliphatic heterocycles. The number of methoxy groups -OCH3 is 1. The highest BCUT2D eigenvalue weighted by Crippen LogP contribution is 2.31. The van der Waals surface area contributed by atoms with Crippen LogP contribution in [-0.4, -0.2) is 47.4 Å². The molecule has 0 saturated carbocycles. The zero-order valence-corrected chi connectivity index (χ0v) is 19.2. The molecule has 0 radical (unpaired) electrons. The third-order valence-corrected chi connectivity index (χ3v) is 5.99. The molecule has 1 saturated heterocycles. The van der Waals surface area contributed by atoms with Gasteiger partial charge in [0.05, 0.1) is 17.6 Å². The Morgan fingerprint density at radius 3 is 2.79 bits per heavy atom. The van der Waals surface area contributed by atoms with Gasteiger partial charge in [0.1, 0.15) is 23.7 Å². The number of nitrogens with zero attached hydrogens (tertiary/aromatic N) is 3. The molecular weight excluding hydrogens is 443 g/mol. The Hall–Kier alpha value is -3.03. The van der Waals surface area contributed by atoms with Crippen LogP contribution in [0.4, 0.5) is 15.9 Å². The summed E-state index contributed by atoms with van der Waals surface area (Å²) in [6.07, 6.45) is 8.96. The molecule has 2 heterocycles. The van der Waals surface area contributed by atoms with Gasteiger partial charge in [0, 0.05) is 35.7 Å². The molecule has 0 unspecified atom stereocenters. The highest BCUT2D eigenvalue weighted by atomic mass is 35.5. The van der Waals surface area contributed by atoms with E-state index in [1.165, 1.54) is 37.7 Å². The van der Waals surface area contributed by atoms with E-state index in [0.717, 1.165) is 30.6 Å². The number of hydrogen-bond donors (Lipinski definition) is 1. The summed E-state index contributed by atoms with van der Waals surface area (Å²) in [5.41, 5.74) is 2.00. The normalized spacial score (nSPS) is 14.6. The number of carbonyl (C=O) groups is 1. The number of fused-ring (bicyclic) bond motifs is 1. The van der Waals surface area contributed by atoms with Crippen molar-refractivity contribution >= 4 is 39.8 Å². The van der Waals surface area contributed by atoms with Gasteiger partial charge in [0.25, 0.3) is 0 Å². The first kappa shape index (κ1) is 23.1. The predicted octanol–water partition coefficient (Wildman–Crippen LogP) is 5.33. The van der Waals surface area contributed by atoms with Crippen LogP contribution < -0.4 is 10.1 Å². The zero-order valence-electron chi connectivity index (χ0n) is 18.5. The predicted molar refractivity (Wildman–Crippen MR) is 129 cm³/mol. The highest BCUT2D eigenvalue weighted by Gasteiger charge is 2.14. The average molecular weight is 469 g/mol. The molecule has 1 N–H and O–H groups in total. The summed E-state index contributed by atoms with van der Waals surface area (Å²) in [6.45, 7) is 2.97. The second kappa shape index (κ2) is 10.7. The number of allylic oxidation sites excluding steroid dienone is 1. The maximum atomic E-state index is 13.5. The number of piperidine rings is 1. The number of nitrogens with one attached hydrogen (secondary N) is 1. The SMILES string of the molecule is COc1cc2ncnc(Nc3ccc(F)c(Cl)c3)c2cc1CC(=O)/C=C/CN1CCCCC1. The fourth-order valence-electron chi connectivity index (χ4n) is 3.99. The van der Waals surface area contributed by atoms with Gasteiger partial charge in [-0.1, -0.05) is 24.1 Å². The van der Waals surface area contributed by atoms with Gasteiger partial charge >= 0.3 is 0 Å². The number of benzene rings is 2. The lowest BCUT2D eigenvalue weighted by molar-refractivity contribution is -0.114. The van der Waals surface area contributed by atoms with E-state index in [2.05, 4.69) is 20.2 Å². The smallest absolute Gasteiger partial charge is 0.159 e. The Labute approximate surface area is 197 Å². The summed E-state index contributed by atoms with van der Waals surface area (Å²) in [5, 5.41) is 3.89. The Bertz CT molecular complexity index is 1180. The van der Waals surface area contributed by atoms with E-state index in [4.69, 9.17) is 16.3 Å². The minimum atomic E-state index is -0.492. The second-order valence-electron chi connectivity index (χ2n) is 8.06. The molecule has 1 fully saturated rings. The minimum Gasteiger partial charge on any atom is -0.496 e. The van der Waals surface area contributed by atoms with E-state index < -0.39 is 5.82 Å². The monoisotopic (exact) mass is 468 g/mol. The molecule has 0 spiro atoms. The third kappa shape index (κ3) is 5.86. The van der Waals surface area contributed by atoms with E-state index in [1.807, 2.05) is 12.1 Å². The first-order chi connectivity index (χ1) is 16.0. The van der Waals surface area contributed by atoms with Crippen molar-refractivity contribution in [2.24, 2.45) is 0 Å². The van der Waals surface area contributed by atoms with Crippen molar-refractivity contribution < 1.29 is 13.9 Å². The number of hydrogen-bond acceptors (Lipinski definition) is 6. The van der Waals surface area contributed by atoms with Crippen molar-refractivity contribution in [3.05, 3.63) is 65.2 Å². The lowest BCUT2D eigenvalue weighted by Crippen LogP contribution is -2.29. The maximum Gasteiger partial charge on any atom is 0.159 e. The van der Waals surface area contributed by atoms with Crippen LogP contribution in [0, 0.1) is 5.82 Å². The Balaban J connectivity index is 1.55. The van der Waals surface area contributed by atoms with Crippen LogP contribution in [-0.2, 0) is 11.2 Å². The molecule has 0 amide bonds. The Morgan fingerprint density at radius 1 is 1.21 bits per heavy atom. The van der Waals surface area contributed by atoms with Crippen LogP contribution in [0.2, 0.25) is 5.02 Å². The van der Waals surface area contributed by atoms with E-state index in [-0.39, 0.29) is 17.2 Å². The van der Waals surface area contributed by atoms with Gasteiger partial charge in [-0.05, 0) is 56.3 Å². The highest BCUT2D eigenvalue weighted by molar-refractivity contribution is 6.31. The van der Waals surface area contributed by atoms with Crippen molar-refractivity contribution in [1.29, 1.82) is 0 Å². The summed E-state index contributed by atoms with van der Waals surface area (Å²) in [6, 6.07) is 8.01. The first-order valence-electron chi connectivity index (χ1n) is 11.0. The second-order valence-corrected chi connectivity index (χ2v) is 8.47. The fraction of sp³-hybridized carbons (Fsp3) is 0.320. The molecule has 0 bridgehead atoms. The lowest BCUT2D eigenvalue weighted by Gasteiger charge is -2.24. The maximum absolute atomic E-state index is 13.5. The van der Waals surface area contributed by atoms with Crippen molar-refractivity contribution in [1.82, 2.24) is 14.9 Å². The number of rotatable bonds is 8. The fourth-order valence-corrected chi connectivity index (χ4v) is 4.17. The molecule has 4 rings (SSSR count). The molecule has 1 aliphatic rings. The number of ether oxygens (including phenoxy) is 1. The summed E-state index contributed by atoms with van der Waals surface area (Å²) >= 11 is 5.90. The molecule has 33 heavy (non-hydrogen) atoms. The molecule has 1 aromatic heterocycles. The van der Waals surface area contributed by atoms with Crippen molar-refractivity contribution in [2.45, 2.75) is 25.7 Å². The van der Waals surface area contributed by atoms with Gasteiger partial charge in [-0.15, -0.1) is 0 Å². The number of likely N-dealkylation sites (tertiary alicyclic amines) is 1. The largest absolute Gasteiger partial charge is 0.496 e. The van der Waals surface area contributed by atoms with Crippen LogP contribution in [0.5, 0.6) is 5.75 Å². The molecule has 6 nitrogen and oxygen atoms in total. The zero-order chi connectivity index (χ0) is 23.2. The number of ketones is 1. The van der Waals surface area contributed by atoms with Crippen molar-refractivity contribution in [2.75, 3.05) is 32.1 Å². The van der Waals surface area contributed by atoms with Gasteiger partial charge in [0.2, 0.25) is 0 Å². The lowest BCUT2D eigenvalue weighted by atomic mass is 10.0. The summed E-state index contributed by atoms with van der Waals surface area (Å²) < 4.78 is 19.0. The standard InChI is InChI=1S/C25H26ClFN4O2/c1-33-24-15-23-20(25(29-16-28-23)30-18-7-8-22(27)21(26)14-18)13-17(24)12-19(32)6-5-11-31-9-3-2-4-10-31/h5-8,13-16H,2-4,9-12H2,1H3,(H,28,29,30)/b6-5+. The molecule has 172 valence electrons. The van der Waals surface area contributed by atoms with Crippen molar-refractivity contribution in [3.8, 4) is 5.75 Å². The quantitative estimate of drug-likeness (QED) is 0.451. The van der Waals surface area contributed by atoms with Crippen LogP contribution in [0.15, 0.2) is 48.8 Å². The topological polar surface area (TPSA) is 67.4 Å². The van der Waals surface area contributed by atoms with Gasteiger partial charge in [-0.25, -0.2) is 14.4 Å². The summed E-state index contributed by atoms with van der Waals surface area (Å²) in [5.74, 6) is 0.629. The molecule has 3 aromatic rings. The van der Waals surface area contributed by atoms with E-state index >= 15 is 0 Å². The van der Waals surface area contributed by atoms with Gasteiger partial charge < -0.3 is 10.1 Å². The summed E-state index contributed by atoms with van der Waals surface area (Å²) in [7, 11) is 1.57. The number of carbonyl (C=O) groups excluding carboxylic acids is 1. The molecule has 8 heteroatoms. The van der Waals surface area contributed by atoms with Crippen molar-refractivity contribution in [3.63, 3.8) is 0 Å². The van der Waals surface area contributed by atoms with E-state index in [1.54, 1.807) is 25.3 Å². The van der Waals surface area contributed by atoms with Gasteiger partial charge in [-0.3, -0.25) is 9.69 Å². The molecular formula is C25H26ClFN4O2. The minimum absolute atomic E-state index is 0.00124. The van der Waals surface area contributed by atoms with E-state index in [0.29, 0.717) is 22.8 Å². The summed E-state index contributed by atoms with van der Waals surface area (Å²) in [4.78, 5) is 23.7. The Morgan fingerprint density at radius 2 is 2.03 bits per heavy atom. The molecule has 0 aliphatic carbocycles. The van der Waals surface area contributed by atoms with Gasteiger partial charge in [0.15, 0.2) is 5.78 Å². The molecule has 2 aromatic carbocycles. The first-order valence-corrected chi connectivity index (χ1v) is 11.4. The number of aromatic nitrogens is 2. The Kier molecular flexibility index (Phi) is 7.52. The third-order valence-electron chi connectivity index (χ3n) is 5.70. The van der Waals surface area contributed by atoms with Crippen LogP contribution in [0.3, 0.4) is 0 Å². The van der Waals surface area contributed by atoms with E-state index in [9.17, 15) is 9.18 Å². The van der Waals surface area contributed by atoms with Crippen LogP contribution in [0.25, 0.3) is 10.9 Å². The van der Waals surface area contributed by atoms with Crippen LogP contribution >= 0.6 is 11.6 Å². The average Bonchev–Trinajstić information content (AvgIpc) is 2.82. The van der Waals surface area contributed by atoms with Gasteiger partial charge in [-0.2, -0.15) is 0 Å². The van der Waals surface area contributed by atoms with Crippen LogP contribution in [0.1, 0.15) is 24.8 Å². The molecule has 0 atom stereocenters. The number of anilines is 2. The number of halogens is 2.